The van der Waals surface area contributed by atoms with Crippen molar-refractivity contribution in [2.24, 2.45) is 0 Å². The molecule has 0 amide bonds. The average Bonchev–Trinajstić information content (AvgIpc) is 2.32. The number of hydrogen-bond donors (Lipinski definition) is 1. The van der Waals surface area contributed by atoms with Crippen LogP contribution in [0.3, 0.4) is 0 Å². The van der Waals surface area contributed by atoms with Crippen molar-refractivity contribution in [1.29, 1.82) is 0 Å². The van der Waals surface area contributed by atoms with Gasteiger partial charge in [-0.05, 0) is 29.2 Å². The molecule has 0 aliphatic heterocycles. The van der Waals surface area contributed by atoms with Crippen LogP contribution in [0.25, 0.3) is 11.1 Å². The van der Waals surface area contributed by atoms with Gasteiger partial charge in [-0.2, -0.15) is 0 Å². The molecule has 2 rings (SSSR count). The zero-order valence-electron chi connectivity index (χ0n) is 8.43. The Morgan fingerprint density at radius 3 is 2.40 bits per heavy atom. The van der Waals surface area contributed by atoms with Crippen LogP contribution < -0.4 is 0 Å². The zero-order valence-corrected chi connectivity index (χ0v) is 8.43. The van der Waals surface area contributed by atoms with Crippen LogP contribution in [0.1, 0.15) is 5.56 Å². The summed E-state index contributed by atoms with van der Waals surface area (Å²) in [5.41, 5.74) is 3.43. The summed E-state index contributed by atoms with van der Waals surface area (Å²) in [5, 5.41) is 8.80. The summed E-state index contributed by atoms with van der Waals surface area (Å²) >= 11 is 0. The highest BCUT2D eigenvalue weighted by atomic mass is 16.2. The predicted octanol–water partition coefficient (Wildman–Crippen LogP) is 2.28. The third-order valence-corrected chi connectivity index (χ3v) is 2.35. The van der Waals surface area contributed by atoms with Gasteiger partial charge in [-0.25, -0.2) is 0 Å². The maximum Gasteiger partial charge on any atom is 0.0471 e. The van der Waals surface area contributed by atoms with E-state index in [1.807, 2.05) is 30.5 Å². The van der Waals surface area contributed by atoms with E-state index in [1.54, 1.807) is 6.20 Å². The lowest BCUT2D eigenvalue weighted by Crippen LogP contribution is -1.89. The van der Waals surface area contributed by atoms with Gasteiger partial charge in [-0.1, -0.05) is 30.3 Å². The number of aliphatic hydroxyl groups excluding tert-OH is 1. The van der Waals surface area contributed by atoms with E-state index >= 15 is 0 Å². The van der Waals surface area contributed by atoms with Gasteiger partial charge in [0.1, 0.15) is 0 Å². The minimum Gasteiger partial charge on any atom is -0.396 e. The molecular formula is C13H13NO. The van der Waals surface area contributed by atoms with Crippen LogP contribution >= 0.6 is 0 Å². The van der Waals surface area contributed by atoms with E-state index in [2.05, 4.69) is 17.1 Å². The number of hydrogen-bond acceptors (Lipinski definition) is 2. The fraction of sp³-hybridized carbons (Fsp3) is 0.154. The van der Waals surface area contributed by atoms with Gasteiger partial charge in [0, 0.05) is 19.0 Å². The monoisotopic (exact) mass is 199 g/mol. The highest BCUT2D eigenvalue weighted by Gasteiger charge is 1.97. The lowest BCUT2D eigenvalue weighted by atomic mass is 10.0. The van der Waals surface area contributed by atoms with Gasteiger partial charge < -0.3 is 5.11 Å². The molecule has 2 nitrogen and oxygen atoms in total. The molecule has 0 radical (unpaired) electrons. The minimum absolute atomic E-state index is 0.201. The fourth-order valence-electron chi connectivity index (χ4n) is 1.53. The molecule has 0 unspecified atom stereocenters. The first-order valence-electron chi connectivity index (χ1n) is 5.00. The lowest BCUT2D eigenvalue weighted by molar-refractivity contribution is 0.299. The summed E-state index contributed by atoms with van der Waals surface area (Å²) in [6.07, 6.45) is 4.33. The molecule has 0 saturated heterocycles. The molecular weight excluding hydrogens is 186 g/mol. The van der Waals surface area contributed by atoms with Gasteiger partial charge in [0.15, 0.2) is 0 Å². The largest absolute Gasteiger partial charge is 0.396 e. The Bertz CT molecular complexity index is 408. The molecule has 1 aromatic heterocycles. The Morgan fingerprint density at radius 1 is 1.00 bits per heavy atom. The number of benzene rings is 1. The van der Waals surface area contributed by atoms with Crippen molar-refractivity contribution in [3.63, 3.8) is 0 Å². The van der Waals surface area contributed by atoms with E-state index in [-0.39, 0.29) is 6.61 Å². The lowest BCUT2D eigenvalue weighted by Gasteiger charge is -2.02. The molecule has 0 atom stereocenters. The first-order chi connectivity index (χ1) is 7.40. The quantitative estimate of drug-likeness (QED) is 0.822. The summed E-state index contributed by atoms with van der Waals surface area (Å²) in [6.45, 7) is 0.201. The maximum atomic E-state index is 8.80. The molecule has 15 heavy (non-hydrogen) atoms. The number of aliphatic hydroxyl groups is 1. The molecule has 1 N–H and O–H groups in total. The second-order valence-corrected chi connectivity index (χ2v) is 3.41. The Morgan fingerprint density at radius 2 is 1.80 bits per heavy atom. The number of pyridine rings is 1. The second-order valence-electron chi connectivity index (χ2n) is 3.41. The van der Waals surface area contributed by atoms with E-state index in [4.69, 9.17) is 5.11 Å². The Balaban J connectivity index is 2.24. The summed E-state index contributed by atoms with van der Waals surface area (Å²) in [5.74, 6) is 0. The smallest absolute Gasteiger partial charge is 0.0471 e. The average molecular weight is 199 g/mol. The molecule has 1 aromatic carbocycles. The van der Waals surface area contributed by atoms with Crippen molar-refractivity contribution in [1.82, 2.24) is 4.98 Å². The summed E-state index contributed by atoms with van der Waals surface area (Å²) in [7, 11) is 0. The minimum atomic E-state index is 0.201. The van der Waals surface area contributed by atoms with Crippen molar-refractivity contribution in [3.05, 3.63) is 54.4 Å². The molecule has 2 heteroatoms. The van der Waals surface area contributed by atoms with Crippen LogP contribution in [0.4, 0.5) is 0 Å². The molecule has 0 aliphatic carbocycles. The maximum absolute atomic E-state index is 8.80. The van der Waals surface area contributed by atoms with Gasteiger partial charge in [0.25, 0.3) is 0 Å². The van der Waals surface area contributed by atoms with Gasteiger partial charge in [-0.15, -0.1) is 0 Å². The summed E-state index contributed by atoms with van der Waals surface area (Å²) in [6, 6.07) is 12.2. The molecule has 0 saturated carbocycles. The van der Waals surface area contributed by atoms with Gasteiger partial charge >= 0.3 is 0 Å². The fourth-order valence-corrected chi connectivity index (χ4v) is 1.53. The van der Waals surface area contributed by atoms with Crippen molar-refractivity contribution in [3.8, 4) is 11.1 Å². The standard InChI is InChI=1S/C13H13NO/c15-9-7-11-3-5-12(6-4-11)13-2-1-8-14-10-13/h1-6,8,10,15H,7,9H2. The highest BCUT2D eigenvalue weighted by molar-refractivity contribution is 5.62. The van der Waals surface area contributed by atoms with Crippen LogP contribution in [0.5, 0.6) is 0 Å². The highest BCUT2D eigenvalue weighted by Crippen LogP contribution is 2.18. The van der Waals surface area contributed by atoms with Crippen LogP contribution in [0, 0.1) is 0 Å². The van der Waals surface area contributed by atoms with Crippen LogP contribution in [0.15, 0.2) is 48.8 Å². The van der Waals surface area contributed by atoms with Crippen molar-refractivity contribution >= 4 is 0 Å². The molecule has 2 aromatic rings. The summed E-state index contributed by atoms with van der Waals surface area (Å²) < 4.78 is 0. The molecule has 0 spiro atoms. The SMILES string of the molecule is OCCc1ccc(-c2cccnc2)cc1. The first-order valence-corrected chi connectivity index (χ1v) is 5.00. The molecule has 1 heterocycles. The normalized spacial score (nSPS) is 10.2. The summed E-state index contributed by atoms with van der Waals surface area (Å²) in [4.78, 5) is 4.08. The van der Waals surface area contributed by atoms with E-state index in [1.165, 1.54) is 0 Å². The Hall–Kier alpha value is -1.67. The predicted molar refractivity (Wildman–Crippen MR) is 60.5 cm³/mol. The van der Waals surface area contributed by atoms with Gasteiger partial charge in [0.2, 0.25) is 0 Å². The van der Waals surface area contributed by atoms with Crippen molar-refractivity contribution < 1.29 is 5.11 Å². The molecule has 76 valence electrons. The van der Waals surface area contributed by atoms with Gasteiger partial charge in [0.05, 0.1) is 0 Å². The van der Waals surface area contributed by atoms with Crippen LogP contribution in [-0.2, 0) is 6.42 Å². The second kappa shape index (κ2) is 4.71. The molecule has 0 bridgehead atoms. The number of nitrogens with zero attached hydrogens (tertiary/aromatic N) is 1. The van der Waals surface area contributed by atoms with Crippen LogP contribution in [0.2, 0.25) is 0 Å². The Kier molecular flexibility index (Phi) is 3.10. The first kappa shape index (κ1) is 9.87. The third-order valence-electron chi connectivity index (χ3n) is 2.35. The van der Waals surface area contributed by atoms with Crippen LogP contribution in [-0.4, -0.2) is 16.7 Å². The zero-order chi connectivity index (χ0) is 10.5. The van der Waals surface area contributed by atoms with Crippen molar-refractivity contribution in [2.45, 2.75) is 6.42 Å². The van der Waals surface area contributed by atoms with E-state index in [9.17, 15) is 0 Å². The van der Waals surface area contributed by atoms with E-state index in [0.717, 1.165) is 16.7 Å². The van der Waals surface area contributed by atoms with Gasteiger partial charge in [-0.3, -0.25) is 4.98 Å². The Labute approximate surface area is 89.2 Å². The van der Waals surface area contributed by atoms with E-state index < -0.39 is 0 Å². The molecule has 0 fully saturated rings. The molecule has 0 aliphatic rings. The van der Waals surface area contributed by atoms with Crippen molar-refractivity contribution in [2.75, 3.05) is 6.61 Å². The number of aromatic nitrogens is 1. The third kappa shape index (κ3) is 2.42. The van der Waals surface area contributed by atoms with E-state index in [0.29, 0.717) is 6.42 Å². The number of rotatable bonds is 3. The topological polar surface area (TPSA) is 33.1 Å².